The van der Waals surface area contributed by atoms with Gasteiger partial charge in [0.15, 0.2) is 0 Å². The Morgan fingerprint density at radius 3 is 2.23 bits per heavy atom. The van der Waals surface area contributed by atoms with E-state index in [1.807, 2.05) is 20.8 Å². The van der Waals surface area contributed by atoms with E-state index in [0.717, 1.165) is 12.8 Å². The maximum atomic E-state index is 11.4. The van der Waals surface area contributed by atoms with Gasteiger partial charge in [0, 0.05) is 5.92 Å². The molecule has 13 heavy (non-hydrogen) atoms. The van der Waals surface area contributed by atoms with Crippen molar-refractivity contribution < 1.29 is 9.59 Å². The Morgan fingerprint density at radius 2 is 1.92 bits per heavy atom. The Morgan fingerprint density at radius 1 is 1.38 bits per heavy atom. The van der Waals surface area contributed by atoms with Gasteiger partial charge >= 0.3 is 6.03 Å². The number of amides is 3. The second-order valence-corrected chi connectivity index (χ2v) is 3.49. The summed E-state index contributed by atoms with van der Waals surface area (Å²) < 4.78 is 0. The van der Waals surface area contributed by atoms with Crippen LogP contribution in [0, 0.1) is 11.8 Å². The molecule has 0 unspecified atom stereocenters. The summed E-state index contributed by atoms with van der Waals surface area (Å²) in [7, 11) is 0. The minimum Gasteiger partial charge on any atom is -0.351 e. The summed E-state index contributed by atoms with van der Waals surface area (Å²) in [5.74, 6) is -0.138. The number of hydrogen-bond acceptors (Lipinski definition) is 2. The number of carbonyl (C=O) groups is 2. The van der Waals surface area contributed by atoms with Gasteiger partial charge in [0.05, 0.1) is 0 Å². The van der Waals surface area contributed by atoms with Crippen LogP contribution in [0.25, 0.3) is 0 Å². The van der Waals surface area contributed by atoms with Crippen molar-refractivity contribution in [3.8, 4) is 0 Å². The van der Waals surface area contributed by atoms with E-state index >= 15 is 0 Å². The van der Waals surface area contributed by atoms with E-state index in [9.17, 15) is 9.59 Å². The smallest absolute Gasteiger partial charge is 0.318 e. The predicted molar refractivity (Wildman–Crippen MR) is 51.0 cm³/mol. The van der Waals surface area contributed by atoms with Gasteiger partial charge < -0.3 is 5.73 Å². The van der Waals surface area contributed by atoms with Crippen LogP contribution in [0.4, 0.5) is 4.79 Å². The summed E-state index contributed by atoms with van der Waals surface area (Å²) in [5, 5.41) is 2.11. The zero-order chi connectivity index (χ0) is 10.4. The Balaban J connectivity index is 4.19. The van der Waals surface area contributed by atoms with Gasteiger partial charge in [-0.3, -0.25) is 10.1 Å². The van der Waals surface area contributed by atoms with Gasteiger partial charge in [-0.15, -0.1) is 0 Å². The van der Waals surface area contributed by atoms with Crippen LogP contribution in [0.15, 0.2) is 0 Å². The first-order valence-electron chi connectivity index (χ1n) is 4.59. The topological polar surface area (TPSA) is 72.2 Å². The molecule has 0 aliphatic rings. The summed E-state index contributed by atoms with van der Waals surface area (Å²) in [5.41, 5.74) is 4.86. The van der Waals surface area contributed by atoms with Gasteiger partial charge in [-0.1, -0.05) is 27.2 Å². The van der Waals surface area contributed by atoms with Crippen LogP contribution in [0.5, 0.6) is 0 Å². The molecule has 4 heteroatoms. The maximum Gasteiger partial charge on any atom is 0.318 e. The van der Waals surface area contributed by atoms with Crippen molar-refractivity contribution in [3.05, 3.63) is 0 Å². The Hall–Kier alpha value is -1.06. The Labute approximate surface area is 78.9 Å². The number of primary amides is 1. The highest BCUT2D eigenvalue weighted by Crippen LogP contribution is 2.16. The molecular formula is C9H18N2O2. The summed E-state index contributed by atoms with van der Waals surface area (Å²) in [6, 6.07) is -0.772. The summed E-state index contributed by atoms with van der Waals surface area (Å²) >= 11 is 0. The number of rotatable bonds is 4. The largest absolute Gasteiger partial charge is 0.351 e. The van der Waals surface area contributed by atoms with E-state index in [-0.39, 0.29) is 17.7 Å². The minimum absolute atomic E-state index is 0.113. The highest BCUT2D eigenvalue weighted by molar-refractivity contribution is 5.94. The van der Waals surface area contributed by atoms with Crippen LogP contribution < -0.4 is 11.1 Å². The number of nitrogens with one attached hydrogen (secondary N) is 1. The lowest BCUT2D eigenvalue weighted by Crippen LogP contribution is -2.40. The van der Waals surface area contributed by atoms with Gasteiger partial charge in [-0.05, 0) is 12.3 Å². The van der Waals surface area contributed by atoms with Crippen molar-refractivity contribution in [1.29, 1.82) is 0 Å². The zero-order valence-corrected chi connectivity index (χ0v) is 8.46. The molecule has 0 aromatic heterocycles. The van der Waals surface area contributed by atoms with Crippen LogP contribution in [-0.2, 0) is 4.79 Å². The van der Waals surface area contributed by atoms with Crippen LogP contribution in [0.2, 0.25) is 0 Å². The number of nitrogens with two attached hydrogens (primary N) is 1. The monoisotopic (exact) mass is 186 g/mol. The molecule has 0 heterocycles. The SMILES string of the molecule is CCC[C@@H](C(=O)NC(N)=O)C(C)C. The lowest BCUT2D eigenvalue weighted by atomic mass is 9.91. The van der Waals surface area contributed by atoms with Crippen LogP contribution in [0.1, 0.15) is 33.6 Å². The van der Waals surface area contributed by atoms with E-state index in [1.165, 1.54) is 0 Å². The predicted octanol–water partition coefficient (Wildman–Crippen LogP) is 1.25. The van der Waals surface area contributed by atoms with Crippen molar-refractivity contribution in [3.63, 3.8) is 0 Å². The maximum absolute atomic E-state index is 11.4. The van der Waals surface area contributed by atoms with Crippen LogP contribution >= 0.6 is 0 Å². The number of urea groups is 1. The van der Waals surface area contributed by atoms with Gasteiger partial charge in [0.25, 0.3) is 0 Å². The average molecular weight is 186 g/mol. The third kappa shape index (κ3) is 4.50. The fourth-order valence-electron chi connectivity index (χ4n) is 1.29. The van der Waals surface area contributed by atoms with E-state index in [1.54, 1.807) is 0 Å². The molecule has 76 valence electrons. The van der Waals surface area contributed by atoms with Crippen molar-refractivity contribution in [2.75, 3.05) is 0 Å². The lowest BCUT2D eigenvalue weighted by Gasteiger charge is -2.18. The van der Waals surface area contributed by atoms with Gasteiger partial charge in [-0.2, -0.15) is 0 Å². The molecule has 3 N–H and O–H groups in total. The van der Waals surface area contributed by atoms with E-state index in [4.69, 9.17) is 5.73 Å². The first-order chi connectivity index (χ1) is 5.99. The fourth-order valence-corrected chi connectivity index (χ4v) is 1.29. The third-order valence-corrected chi connectivity index (χ3v) is 1.99. The Kier molecular flexibility index (Phi) is 5.11. The van der Waals surface area contributed by atoms with Crippen molar-refractivity contribution in [2.24, 2.45) is 17.6 Å². The second-order valence-electron chi connectivity index (χ2n) is 3.49. The summed E-state index contributed by atoms with van der Waals surface area (Å²) in [4.78, 5) is 21.8. The third-order valence-electron chi connectivity index (χ3n) is 1.99. The fraction of sp³-hybridized carbons (Fsp3) is 0.778. The molecule has 3 amide bonds. The summed E-state index contributed by atoms with van der Waals surface area (Å²) in [6.07, 6.45) is 1.71. The second kappa shape index (κ2) is 5.56. The molecule has 0 saturated carbocycles. The molecule has 0 saturated heterocycles. The van der Waals surface area contributed by atoms with E-state index in [0.29, 0.717) is 0 Å². The van der Waals surface area contributed by atoms with Crippen molar-refractivity contribution in [1.82, 2.24) is 5.32 Å². The quantitative estimate of drug-likeness (QED) is 0.693. The molecule has 0 rings (SSSR count). The first kappa shape index (κ1) is 11.9. The first-order valence-corrected chi connectivity index (χ1v) is 4.59. The normalized spacial score (nSPS) is 12.6. The molecule has 0 bridgehead atoms. The molecular weight excluding hydrogens is 168 g/mol. The molecule has 0 aliphatic carbocycles. The number of hydrogen-bond donors (Lipinski definition) is 2. The average Bonchev–Trinajstić information content (AvgIpc) is 1.97. The number of carbonyl (C=O) groups excluding carboxylic acids is 2. The summed E-state index contributed by atoms with van der Waals surface area (Å²) in [6.45, 7) is 5.93. The van der Waals surface area contributed by atoms with E-state index < -0.39 is 6.03 Å². The van der Waals surface area contributed by atoms with Crippen molar-refractivity contribution >= 4 is 11.9 Å². The molecule has 0 spiro atoms. The Bertz CT molecular complexity index is 190. The molecule has 4 nitrogen and oxygen atoms in total. The lowest BCUT2D eigenvalue weighted by molar-refractivity contribution is -0.125. The molecule has 0 aromatic rings. The highest BCUT2D eigenvalue weighted by atomic mass is 16.2. The molecule has 0 radical (unpaired) electrons. The van der Waals surface area contributed by atoms with Crippen LogP contribution in [-0.4, -0.2) is 11.9 Å². The number of imide groups is 1. The van der Waals surface area contributed by atoms with Crippen LogP contribution in [0.3, 0.4) is 0 Å². The van der Waals surface area contributed by atoms with Gasteiger partial charge in [-0.25, -0.2) is 4.79 Å². The minimum atomic E-state index is -0.772. The molecule has 0 aliphatic heterocycles. The van der Waals surface area contributed by atoms with Gasteiger partial charge in [0.2, 0.25) is 5.91 Å². The highest BCUT2D eigenvalue weighted by Gasteiger charge is 2.21. The van der Waals surface area contributed by atoms with Crippen molar-refractivity contribution in [2.45, 2.75) is 33.6 Å². The zero-order valence-electron chi connectivity index (χ0n) is 8.46. The molecule has 1 atom stereocenters. The standard InChI is InChI=1S/C9H18N2O2/c1-4-5-7(6(2)3)8(12)11-9(10)13/h6-7H,4-5H2,1-3H3,(H3,10,11,12,13)/t7-/m1/s1. The molecule has 0 aromatic carbocycles. The molecule has 0 fully saturated rings. The van der Waals surface area contributed by atoms with Gasteiger partial charge in [0.1, 0.15) is 0 Å². The van der Waals surface area contributed by atoms with E-state index in [2.05, 4.69) is 5.32 Å².